The van der Waals surface area contributed by atoms with Gasteiger partial charge in [0.1, 0.15) is 13.2 Å². The Morgan fingerprint density at radius 3 is 1.14 bits per heavy atom. The maximum atomic E-state index is 12.8. The molecule has 2 unspecified atom stereocenters. The Bertz CT molecular complexity index is 1070. The molecule has 0 amide bonds. The molecule has 0 saturated carbocycles. The lowest BCUT2D eigenvalue weighted by Crippen LogP contribution is -2.40. The normalized spacial score (nSPS) is 12.8. The number of aliphatic carboxylic acids is 1. The Labute approximate surface area is 402 Å². The van der Waals surface area contributed by atoms with Crippen LogP contribution in [0.15, 0.2) is 12.2 Å². The summed E-state index contributed by atoms with van der Waals surface area (Å²) in [5.41, 5.74) is 0. The molecular formula is C56H108NO8+. The largest absolute Gasteiger partial charge is 0.477 e. The van der Waals surface area contributed by atoms with E-state index in [9.17, 15) is 19.5 Å². The van der Waals surface area contributed by atoms with Gasteiger partial charge in [0.05, 0.1) is 34.4 Å². The molecule has 9 heteroatoms. The molecule has 0 saturated heterocycles. The highest BCUT2D eigenvalue weighted by atomic mass is 16.7. The van der Waals surface area contributed by atoms with Crippen molar-refractivity contribution in [3.63, 3.8) is 0 Å². The zero-order chi connectivity index (χ0) is 47.7. The molecular weight excluding hydrogens is 815 g/mol. The van der Waals surface area contributed by atoms with Crippen molar-refractivity contribution >= 4 is 17.9 Å². The molecule has 65 heavy (non-hydrogen) atoms. The molecule has 1 N–H and O–H groups in total. The van der Waals surface area contributed by atoms with Crippen LogP contribution in [0.25, 0.3) is 0 Å². The quantitative estimate of drug-likeness (QED) is 0.0211. The fourth-order valence-electron chi connectivity index (χ4n) is 8.19. The first-order valence-corrected chi connectivity index (χ1v) is 27.9. The van der Waals surface area contributed by atoms with E-state index in [1.54, 1.807) is 0 Å². The molecule has 0 aliphatic heterocycles. The van der Waals surface area contributed by atoms with E-state index in [2.05, 4.69) is 26.0 Å². The van der Waals surface area contributed by atoms with Gasteiger partial charge in [0.25, 0.3) is 6.29 Å². The third-order valence-electron chi connectivity index (χ3n) is 12.5. The summed E-state index contributed by atoms with van der Waals surface area (Å²) in [6, 6.07) is 0. The summed E-state index contributed by atoms with van der Waals surface area (Å²) in [6.45, 7) is 4.93. The standard InChI is InChI=1S/C56H107NO8/c1-6-8-10-12-14-16-18-20-22-24-26-27-29-31-33-35-37-39-41-43-45-47-54(59)65-52(51-64-56(55(60)61)62-49-48-57(3,4)5)50-63-53(58)46-44-42-40-38-36-34-32-30-28-25-23-21-19-17-15-13-11-9-7-2/h24,26,52,56H,6-23,25,27-51H2,1-5H3/p+1/b26-24-. The number of quaternary nitrogens is 1. The van der Waals surface area contributed by atoms with Crippen LogP contribution in [0.3, 0.4) is 0 Å². The lowest BCUT2D eigenvalue weighted by molar-refractivity contribution is -0.870. The zero-order valence-corrected chi connectivity index (χ0v) is 43.7. The Balaban J connectivity index is 4.25. The van der Waals surface area contributed by atoms with Crippen LogP contribution in [0.2, 0.25) is 0 Å². The molecule has 0 aromatic heterocycles. The fraction of sp³-hybridized carbons (Fsp3) is 0.911. The van der Waals surface area contributed by atoms with E-state index < -0.39 is 24.3 Å². The molecule has 0 heterocycles. The van der Waals surface area contributed by atoms with Crippen LogP contribution in [0.5, 0.6) is 0 Å². The van der Waals surface area contributed by atoms with Crippen LogP contribution < -0.4 is 0 Å². The monoisotopic (exact) mass is 923 g/mol. The van der Waals surface area contributed by atoms with Crippen LogP contribution in [0.4, 0.5) is 0 Å². The molecule has 0 spiro atoms. The number of hydrogen-bond donors (Lipinski definition) is 1. The molecule has 0 aliphatic carbocycles. The molecule has 0 aromatic carbocycles. The molecule has 9 nitrogen and oxygen atoms in total. The van der Waals surface area contributed by atoms with Gasteiger partial charge in [-0.3, -0.25) is 9.59 Å². The van der Waals surface area contributed by atoms with Crippen LogP contribution >= 0.6 is 0 Å². The van der Waals surface area contributed by atoms with E-state index in [1.807, 2.05) is 21.1 Å². The lowest BCUT2D eigenvalue weighted by atomic mass is 10.0. The number of ether oxygens (including phenoxy) is 4. The molecule has 0 bridgehead atoms. The Morgan fingerprint density at radius 2 is 0.785 bits per heavy atom. The molecule has 0 radical (unpaired) electrons. The lowest BCUT2D eigenvalue weighted by Gasteiger charge is -2.25. The van der Waals surface area contributed by atoms with Crippen molar-refractivity contribution in [1.82, 2.24) is 0 Å². The molecule has 0 aliphatic rings. The van der Waals surface area contributed by atoms with Gasteiger partial charge in [-0.25, -0.2) is 4.79 Å². The first-order valence-electron chi connectivity index (χ1n) is 27.9. The summed E-state index contributed by atoms with van der Waals surface area (Å²) in [6.07, 6.45) is 51.3. The van der Waals surface area contributed by atoms with Crippen molar-refractivity contribution in [2.45, 2.75) is 283 Å². The second kappa shape index (κ2) is 48.5. The number of unbranched alkanes of at least 4 members (excludes halogenated alkanes) is 35. The minimum absolute atomic E-state index is 0.176. The predicted molar refractivity (Wildman–Crippen MR) is 272 cm³/mol. The number of carbonyl (C=O) groups excluding carboxylic acids is 2. The fourth-order valence-corrected chi connectivity index (χ4v) is 8.19. The summed E-state index contributed by atoms with van der Waals surface area (Å²) in [5.74, 6) is -1.99. The van der Waals surface area contributed by atoms with E-state index in [-0.39, 0.29) is 32.2 Å². The van der Waals surface area contributed by atoms with Gasteiger partial charge in [-0.15, -0.1) is 0 Å². The molecule has 0 rings (SSSR count). The molecule has 384 valence electrons. The highest BCUT2D eigenvalue weighted by Gasteiger charge is 2.25. The number of carbonyl (C=O) groups is 3. The van der Waals surface area contributed by atoms with Gasteiger partial charge in [0.2, 0.25) is 0 Å². The van der Waals surface area contributed by atoms with Gasteiger partial charge in [-0.05, 0) is 38.5 Å². The van der Waals surface area contributed by atoms with Gasteiger partial charge in [0.15, 0.2) is 6.10 Å². The van der Waals surface area contributed by atoms with Crippen LogP contribution in [0, 0.1) is 0 Å². The maximum Gasteiger partial charge on any atom is 0.361 e. The second-order valence-corrected chi connectivity index (χ2v) is 20.3. The van der Waals surface area contributed by atoms with Crippen molar-refractivity contribution < 1.29 is 42.9 Å². The molecule has 0 aromatic rings. The minimum atomic E-state index is -1.51. The summed E-state index contributed by atoms with van der Waals surface area (Å²) in [7, 11) is 5.97. The third-order valence-corrected chi connectivity index (χ3v) is 12.5. The van der Waals surface area contributed by atoms with Crippen molar-refractivity contribution in [3.05, 3.63) is 12.2 Å². The Morgan fingerprint density at radius 1 is 0.446 bits per heavy atom. The van der Waals surface area contributed by atoms with Gasteiger partial charge in [-0.1, -0.05) is 231 Å². The number of carboxylic acids is 1. The zero-order valence-electron chi connectivity index (χ0n) is 43.7. The first kappa shape index (κ1) is 63.0. The van der Waals surface area contributed by atoms with Crippen LogP contribution in [-0.2, 0) is 33.3 Å². The van der Waals surface area contributed by atoms with Crippen LogP contribution in [0.1, 0.15) is 271 Å². The predicted octanol–water partition coefficient (Wildman–Crippen LogP) is 15.8. The van der Waals surface area contributed by atoms with Crippen molar-refractivity contribution in [2.24, 2.45) is 0 Å². The van der Waals surface area contributed by atoms with Crippen molar-refractivity contribution in [3.8, 4) is 0 Å². The van der Waals surface area contributed by atoms with Crippen molar-refractivity contribution in [2.75, 3.05) is 47.5 Å². The second-order valence-electron chi connectivity index (χ2n) is 20.3. The topological polar surface area (TPSA) is 108 Å². The minimum Gasteiger partial charge on any atom is -0.477 e. The maximum absolute atomic E-state index is 12.8. The summed E-state index contributed by atoms with van der Waals surface area (Å²) >= 11 is 0. The number of nitrogens with zero attached hydrogens (tertiary/aromatic N) is 1. The van der Waals surface area contributed by atoms with E-state index in [0.717, 1.165) is 38.5 Å². The van der Waals surface area contributed by atoms with E-state index in [4.69, 9.17) is 18.9 Å². The third kappa shape index (κ3) is 49.8. The van der Waals surface area contributed by atoms with Crippen molar-refractivity contribution in [1.29, 1.82) is 0 Å². The number of likely N-dealkylation sites (N-methyl/N-ethyl adjacent to an activating group) is 1. The van der Waals surface area contributed by atoms with Crippen LogP contribution in [-0.4, -0.2) is 87.4 Å². The smallest absolute Gasteiger partial charge is 0.361 e. The summed E-state index contributed by atoms with van der Waals surface area (Å²) in [4.78, 5) is 37.4. The highest BCUT2D eigenvalue weighted by Crippen LogP contribution is 2.17. The van der Waals surface area contributed by atoms with Gasteiger partial charge < -0.3 is 28.5 Å². The average Bonchev–Trinajstić information content (AvgIpc) is 3.27. The number of hydrogen-bond acceptors (Lipinski definition) is 7. The van der Waals surface area contributed by atoms with Gasteiger partial charge >= 0.3 is 17.9 Å². The SMILES string of the molecule is CCCCCCCCCC/C=C\CCCCCCCCCCCC(=O)OC(COC(=O)CCCCCCCCCCCCCCCCCCCCC)COC(OCC[N+](C)(C)C)C(=O)O. The van der Waals surface area contributed by atoms with Gasteiger partial charge in [-0.2, -0.15) is 0 Å². The average molecular weight is 923 g/mol. The number of esters is 2. The van der Waals surface area contributed by atoms with E-state index in [0.29, 0.717) is 17.4 Å². The molecule has 0 fully saturated rings. The highest BCUT2D eigenvalue weighted by molar-refractivity contribution is 5.71. The summed E-state index contributed by atoms with van der Waals surface area (Å²) < 4.78 is 22.9. The van der Waals surface area contributed by atoms with E-state index in [1.165, 1.54) is 205 Å². The number of rotatable bonds is 52. The number of allylic oxidation sites excluding steroid dienone is 2. The van der Waals surface area contributed by atoms with Gasteiger partial charge in [0, 0.05) is 12.8 Å². The Kier molecular flexibility index (Phi) is 47.0. The van der Waals surface area contributed by atoms with E-state index >= 15 is 0 Å². The first-order chi connectivity index (χ1) is 31.6. The molecule has 2 atom stereocenters. The number of carboxylic acid groups (broad SMARTS) is 1. The Hall–Kier alpha value is -1.97. The summed E-state index contributed by atoms with van der Waals surface area (Å²) in [5, 5.41) is 9.69.